The van der Waals surface area contributed by atoms with Crippen molar-refractivity contribution in [1.29, 1.82) is 0 Å². The molecule has 4 heteroatoms. The van der Waals surface area contributed by atoms with E-state index >= 15 is 0 Å². The zero-order chi connectivity index (χ0) is 13.6. The van der Waals surface area contributed by atoms with E-state index in [1.165, 1.54) is 25.7 Å². The number of hydrogen-bond donors (Lipinski definition) is 1. The molecule has 2 fully saturated rings. The van der Waals surface area contributed by atoms with E-state index in [2.05, 4.69) is 28.0 Å². The van der Waals surface area contributed by atoms with Crippen molar-refractivity contribution in [2.24, 2.45) is 24.8 Å². The average molecular weight is 327 g/mol. The Balaban J connectivity index is 1.73. The van der Waals surface area contributed by atoms with Crippen LogP contribution in [0.4, 0.5) is 0 Å². The second-order valence-corrected chi connectivity index (χ2v) is 7.09. The minimum Gasteiger partial charge on any atom is -0.392 e. The molecule has 1 N–H and O–H groups in total. The lowest BCUT2D eigenvalue weighted by Crippen LogP contribution is -2.28. The normalized spacial score (nSPS) is 31.1. The summed E-state index contributed by atoms with van der Waals surface area (Å²) in [4.78, 5) is 0. The van der Waals surface area contributed by atoms with E-state index in [-0.39, 0.29) is 6.10 Å². The van der Waals surface area contributed by atoms with Crippen molar-refractivity contribution < 1.29 is 5.11 Å². The van der Waals surface area contributed by atoms with E-state index in [0.717, 1.165) is 40.5 Å². The predicted octanol–water partition coefficient (Wildman–Crippen LogP) is 3.08. The van der Waals surface area contributed by atoms with Gasteiger partial charge in [-0.3, -0.25) is 4.68 Å². The highest BCUT2D eigenvalue weighted by atomic mass is 79.9. The molecule has 0 aromatic carbocycles. The summed E-state index contributed by atoms with van der Waals surface area (Å²) < 4.78 is 3.03. The number of fused-ring (bicyclic) bond motifs is 2. The topological polar surface area (TPSA) is 38.0 Å². The number of aliphatic hydroxyl groups excluding tert-OH is 1. The minimum atomic E-state index is -0.202. The third-order valence-electron chi connectivity index (χ3n) is 5.19. The number of aliphatic hydroxyl groups is 1. The van der Waals surface area contributed by atoms with Crippen LogP contribution in [0, 0.1) is 17.8 Å². The van der Waals surface area contributed by atoms with Crippen LogP contribution in [-0.4, -0.2) is 21.0 Å². The van der Waals surface area contributed by atoms with Gasteiger partial charge in [-0.15, -0.1) is 0 Å². The maximum Gasteiger partial charge on any atom is 0.0766 e. The molecule has 3 nitrogen and oxygen atoms in total. The molecule has 0 aliphatic heterocycles. The standard InChI is InChI=1S/C15H23BrN2O/c1-3-12-15(16)13(18(2)17-12)8-14(19)11-7-9-4-5-10(11)6-9/h9-11,14,19H,3-8H2,1-2H3. The molecule has 1 aromatic heterocycles. The smallest absolute Gasteiger partial charge is 0.0766 e. The molecule has 106 valence electrons. The van der Waals surface area contributed by atoms with Gasteiger partial charge in [0.15, 0.2) is 0 Å². The molecule has 0 saturated heterocycles. The molecular formula is C15H23BrN2O. The molecule has 2 aliphatic rings. The highest BCUT2D eigenvalue weighted by Crippen LogP contribution is 2.50. The highest BCUT2D eigenvalue weighted by molar-refractivity contribution is 9.10. The number of rotatable bonds is 4. The summed E-state index contributed by atoms with van der Waals surface area (Å²) in [6.07, 6.45) is 6.78. The number of hydrogen-bond acceptors (Lipinski definition) is 2. The summed E-state index contributed by atoms with van der Waals surface area (Å²) in [7, 11) is 1.98. The molecule has 1 aromatic rings. The first-order valence-electron chi connectivity index (χ1n) is 7.48. The summed E-state index contributed by atoms with van der Waals surface area (Å²) in [6, 6.07) is 0. The van der Waals surface area contributed by atoms with Gasteiger partial charge < -0.3 is 5.11 Å². The summed E-state index contributed by atoms with van der Waals surface area (Å²) in [5.41, 5.74) is 2.24. The quantitative estimate of drug-likeness (QED) is 0.923. The summed E-state index contributed by atoms with van der Waals surface area (Å²) in [6.45, 7) is 2.11. The molecule has 0 amide bonds. The van der Waals surface area contributed by atoms with Crippen LogP contribution in [-0.2, 0) is 19.9 Å². The van der Waals surface area contributed by atoms with Gasteiger partial charge in [-0.2, -0.15) is 5.10 Å². The molecule has 0 radical (unpaired) electrons. The lowest BCUT2D eigenvalue weighted by atomic mass is 9.83. The van der Waals surface area contributed by atoms with Crippen LogP contribution in [0.2, 0.25) is 0 Å². The number of halogens is 1. The molecule has 19 heavy (non-hydrogen) atoms. The van der Waals surface area contributed by atoms with E-state index in [1.54, 1.807) is 0 Å². The summed E-state index contributed by atoms with van der Waals surface area (Å²) >= 11 is 3.65. The molecule has 2 saturated carbocycles. The molecule has 2 bridgehead atoms. The molecule has 3 rings (SSSR count). The van der Waals surface area contributed by atoms with Crippen LogP contribution in [0.3, 0.4) is 0 Å². The van der Waals surface area contributed by atoms with Crippen LogP contribution in [0.15, 0.2) is 4.47 Å². The fraction of sp³-hybridized carbons (Fsp3) is 0.800. The fourth-order valence-electron chi connectivity index (χ4n) is 4.16. The maximum atomic E-state index is 10.6. The first-order chi connectivity index (χ1) is 9.10. The fourth-order valence-corrected chi connectivity index (χ4v) is 4.93. The lowest BCUT2D eigenvalue weighted by molar-refractivity contribution is 0.0734. The Labute approximate surface area is 123 Å². The van der Waals surface area contributed by atoms with Crippen LogP contribution in [0.1, 0.15) is 44.0 Å². The monoisotopic (exact) mass is 326 g/mol. The predicted molar refractivity (Wildman–Crippen MR) is 78.9 cm³/mol. The second kappa shape index (κ2) is 5.21. The molecule has 0 spiro atoms. The van der Waals surface area contributed by atoms with Crippen LogP contribution in [0.25, 0.3) is 0 Å². The van der Waals surface area contributed by atoms with E-state index in [9.17, 15) is 5.11 Å². The molecule has 4 atom stereocenters. The molecule has 4 unspecified atom stereocenters. The van der Waals surface area contributed by atoms with Gasteiger partial charge in [0.05, 0.1) is 22.0 Å². The van der Waals surface area contributed by atoms with Crippen molar-refractivity contribution in [2.75, 3.05) is 0 Å². The van der Waals surface area contributed by atoms with Crippen LogP contribution < -0.4 is 0 Å². The summed E-state index contributed by atoms with van der Waals surface area (Å²) in [5.74, 6) is 2.19. The SMILES string of the molecule is CCc1nn(C)c(CC(O)C2CC3CCC2C3)c1Br. The Morgan fingerprint density at radius 3 is 2.74 bits per heavy atom. The minimum absolute atomic E-state index is 0.202. The van der Waals surface area contributed by atoms with Gasteiger partial charge >= 0.3 is 0 Å². The van der Waals surface area contributed by atoms with Crippen molar-refractivity contribution in [3.63, 3.8) is 0 Å². The van der Waals surface area contributed by atoms with Gasteiger partial charge in [0.1, 0.15) is 0 Å². The van der Waals surface area contributed by atoms with Crippen molar-refractivity contribution in [2.45, 2.75) is 51.6 Å². The third-order valence-corrected chi connectivity index (χ3v) is 6.11. The molecular weight excluding hydrogens is 304 g/mol. The lowest BCUT2D eigenvalue weighted by Gasteiger charge is -2.26. The number of aromatic nitrogens is 2. The van der Waals surface area contributed by atoms with Gasteiger partial charge in [0.2, 0.25) is 0 Å². The maximum absolute atomic E-state index is 10.6. The Morgan fingerprint density at radius 1 is 1.42 bits per heavy atom. The van der Waals surface area contributed by atoms with Crippen molar-refractivity contribution in [3.05, 3.63) is 15.9 Å². The van der Waals surface area contributed by atoms with E-state index < -0.39 is 0 Å². The van der Waals surface area contributed by atoms with Crippen LogP contribution >= 0.6 is 15.9 Å². The first kappa shape index (κ1) is 13.6. The third kappa shape index (κ3) is 2.38. The van der Waals surface area contributed by atoms with Gasteiger partial charge in [0, 0.05) is 13.5 Å². The van der Waals surface area contributed by atoms with Crippen molar-refractivity contribution in [3.8, 4) is 0 Å². The number of aryl methyl sites for hydroxylation is 2. The van der Waals surface area contributed by atoms with Crippen molar-refractivity contribution >= 4 is 15.9 Å². The Hall–Kier alpha value is -0.350. The van der Waals surface area contributed by atoms with Crippen molar-refractivity contribution in [1.82, 2.24) is 9.78 Å². The average Bonchev–Trinajstić information content (AvgIpc) is 3.08. The first-order valence-corrected chi connectivity index (χ1v) is 8.27. The summed E-state index contributed by atoms with van der Waals surface area (Å²) in [5, 5.41) is 15.1. The largest absolute Gasteiger partial charge is 0.392 e. The van der Waals surface area contributed by atoms with Crippen LogP contribution in [0.5, 0.6) is 0 Å². The Morgan fingerprint density at radius 2 is 2.21 bits per heavy atom. The zero-order valence-corrected chi connectivity index (χ0v) is 13.4. The van der Waals surface area contributed by atoms with Gasteiger partial charge in [-0.25, -0.2) is 0 Å². The molecule has 2 aliphatic carbocycles. The van der Waals surface area contributed by atoms with Gasteiger partial charge in [-0.1, -0.05) is 13.3 Å². The highest BCUT2D eigenvalue weighted by Gasteiger charge is 2.42. The van der Waals surface area contributed by atoms with Gasteiger partial charge in [0.25, 0.3) is 0 Å². The number of nitrogens with zero attached hydrogens (tertiary/aromatic N) is 2. The second-order valence-electron chi connectivity index (χ2n) is 6.29. The Bertz CT molecular complexity index is 471. The van der Waals surface area contributed by atoms with E-state index in [1.807, 2.05) is 11.7 Å². The Kier molecular flexibility index (Phi) is 3.73. The zero-order valence-electron chi connectivity index (χ0n) is 11.8. The molecule has 1 heterocycles. The van der Waals surface area contributed by atoms with E-state index in [0.29, 0.717) is 5.92 Å². The van der Waals surface area contributed by atoms with E-state index in [4.69, 9.17) is 0 Å². The van der Waals surface area contributed by atoms with Gasteiger partial charge in [-0.05, 0) is 59.4 Å².